The number of carbonyl (C=O) groups excluding carboxylic acids is 2. The van der Waals surface area contributed by atoms with Crippen LogP contribution in [0.25, 0.3) is 11.4 Å². The number of hydrogen-bond donors (Lipinski definition) is 1. The smallest absolute Gasteiger partial charge is 0.280 e. The number of carbonyl (C=O) groups is 2. The van der Waals surface area contributed by atoms with Crippen LogP contribution in [0, 0.1) is 13.8 Å². The van der Waals surface area contributed by atoms with E-state index in [4.69, 9.17) is 26.1 Å². The Kier molecular flexibility index (Phi) is 6.30. The summed E-state index contributed by atoms with van der Waals surface area (Å²) in [6, 6.07) is 14.5. The molecule has 0 saturated heterocycles. The number of aromatic nitrogens is 3. The molecule has 1 N–H and O–H groups in total. The summed E-state index contributed by atoms with van der Waals surface area (Å²) in [5.41, 5.74) is 3.38. The molecule has 2 aromatic heterocycles. The van der Waals surface area contributed by atoms with Gasteiger partial charge in [0.05, 0.1) is 30.7 Å². The lowest BCUT2D eigenvalue weighted by Gasteiger charge is -2.36. The van der Waals surface area contributed by atoms with Gasteiger partial charge in [0.2, 0.25) is 11.8 Å². The standard InChI is InChI=1S/C31H30ClN5O4/c1-7-41-24-13-11-20(28(34-24)40-6)27-35-25-26(36(27)16(2)3)31(21-12-8-17(4)14-22(21)33-30(31)39)37(29(25)38)23-15-19(32)10-9-18(23)5/h8-16H,7H2,1-6H3,(H,33,39). The van der Waals surface area contributed by atoms with Crippen LogP contribution in [0.5, 0.6) is 11.8 Å². The van der Waals surface area contributed by atoms with Crippen molar-refractivity contribution in [3.63, 3.8) is 0 Å². The number of fused-ring (bicyclic) bond motifs is 4. The molecule has 1 unspecified atom stereocenters. The van der Waals surface area contributed by atoms with Crippen LogP contribution in [0.4, 0.5) is 11.4 Å². The maximum absolute atomic E-state index is 14.5. The van der Waals surface area contributed by atoms with Crippen LogP contribution >= 0.6 is 11.6 Å². The van der Waals surface area contributed by atoms with Gasteiger partial charge in [-0.1, -0.05) is 29.8 Å². The first-order valence-electron chi connectivity index (χ1n) is 13.5. The molecule has 4 heterocycles. The average Bonchev–Trinajstić information content (AvgIpc) is 3.54. The van der Waals surface area contributed by atoms with Crippen LogP contribution in [0.1, 0.15) is 59.7 Å². The Hall–Kier alpha value is -4.37. The predicted octanol–water partition coefficient (Wildman–Crippen LogP) is 6.06. The molecule has 0 fully saturated rings. The highest BCUT2D eigenvalue weighted by Gasteiger charge is 2.64. The van der Waals surface area contributed by atoms with E-state index in [9.17, 15) is 9.59 Å². The molecular weight excluding hydrogens is 542 g/mol. The normalized spacial score (nSPS) is 17.3. The van der Waals surface area contributed by atoms with E-state index < -0.39 is 11.4 Å². The van der Waals surface area contributed by atoms with E-state index >= 15 is 0 Å². The zero-order valence-corrected chi connectivity index (χ0v) is 24.5. The number of pyridine rings is 1. The van der Waals surface area contributed by atoms with Crippen molar-refractivity contribution in [1.29, 1.82) is 0 Å². The molecule has 0 radical (unpaired) electrons. The molecule has 1 atom stereocenters. The molecule has 6 rings (SSSR count). The van der Waals surface area contributed by atoms with Gasteiger partial charge in [-0.2, -0.15) is 4.98 Å². The minimum Gasteiger partial charge on any atom is -0.480 e. The molecule has 210 valence electrons. The number of aryl methyl sites for hydroxylation is 2. The SMILES string of the molecule is CCOc1ccc(-c2nc3c(n2C(C)C)C2(C(=O)Nc4cc(C)ccc42)N(c2cc(Cl)ccc2C)C3=O)c(OC)n1. The van der Waals surface area contributed by atoms with Gasteiger partial charge in [0.15, 0.2) is 11.2 Å². The maximum atomic E-state index is 14.5. The number of nitrogens with one attached hydrogen (secondary N) is 1. The number of amides is 2. The van der Waals surface area contributed by atoms with Crippen molar-refractivity contribution in [1.82, 2.24) is 14.5 Å². The van der Waals surface area contributed by atoms with Gasteiger partial charge < -0.3 is 19.4 Å². The van der Waals surface area contributed by atoms with Crippen molar-refractivity contribution in [2.75, 3.05) is 23.9 Å². The van der Waals surface area contributed by atoms with Gasteiger partial charge in [-0.05, 0) is 70.0 Å². The summed E-state index contributed by atoms with van der Waals surface area (Å²) >= 11 is 6.45. The fourth-order valence-corrected chi connectivity index (χ4v) is 6.11. The molecule has 0 aliphatic carbocycles. The fraction of sp³-hybridized carbons (Fsp3) is 0.290. The Morgan fingerprint density at radius 2 is 1.83 bits per heavy atom. The van der Waals surface area contributed by atoms with Gasteiger partial charge in [-0.3, -0.25) is 14.5 Å². The summed E-state index contributed by atoms with van der Waals surface area (Å²) in [6.07, 6.45) is 0. The van der Waals surface area contributed by atoms with Gasteiger partial charge in [0.25, 0.3) is 11.8 Å². The Bertz CT molecular complexity index is 1750. The minimum atomic E-state index is -1.52. The van der Waals surface area contributed by atoms with Crippen LogP contribution in [-0.2, 0) is 10.3 Å². The van der Waals surface area contributed by atoms with E-state index in [2.05, 4.69) is 10.3 Å². The second-order valence-corrected chi connectivity index (χ2v) is 11.0. The summed E-state index contributed by atoms with van der Waals surface area (Å²) in [6.45, 7) is 10.2. The molecule has 1 spiro atoms. The molecule has 0 saturated carbocycles. The average molecular weight is 572 g/mol. The number of methoxy groups -OCH3 is 1. The second-order valence-electron chi connectivity index (χ2n) is 10.5. The van der Waals surface area contributed by atoms with E-state index in [1.165, 1.54) is 7.11 Å². The van der Waals surface area contributed by atoms with Crippen molar-refractivity contribution < 1.29 is 19.1 Å². The van der Waals surface area contributed by atoms with E-state index in [1.54, 1.807) is 23.1 Å². The van der Waals surface area contributed by atoms with Gasteiger partial charge >= 0.3 is 0 Å². The molecule has 4 aromatic rings. The number of rotatable bonds is 6. The fourth-order valence-electron chi connectivity index (χ4n) is 5.94. The minimum absolute atomic E-state index is 0.188. The molecule has 9 nitrogen and oxygen atoms in total. The number of nitrogens with zero attached hydrogens (tertiary/aromatic N) is 4. The third kappa shape index (κ3) is 3.75. The first kappa shape index (κ1) is 26.8. The summed E-state index contributed by atoms with van der Waals surface area (Å²) in [5.74, 6) is 0.457. The van der Waals surface area contributed by atoms with Gasteiger partial charge in [-0.15, -0.1) is 0 Å². The number of hydrogen-bond acceptors (Lipinski definition) is 6. The van der Waals surface area contributed by atoms with E-state index in [0.29, 0.717) is 57.4 Å². The maximum Gasteiger partial charge on any atom is 0.280 e. The van der Waals surface area contributed by atoms with E-state index in [-0.39, 0.29) is 17.6 Å². The molecule has 2 aromatic carbocycles. The topological polar surface area (TPSA) is 98.6 Å². The van der Waals surface area contributed by atoms with Crippen LogP contribution in [0.15, 0.2) is 48.5 Å². The van der Waals surface area contributed by atoms with Crippen molar-refractivity contribution in [2.45, 2.75) is 46.2 Å². The molecule has 41 heavy (non-hydrogen) atoms. The molecule has 2 aliphatic heterocycles. The summed E-state index contributed by atoms with van der Waals surface area (Å²) in [7, 11) is 1.52. The quantitative estimate of drug-likeness (QED) is 0.302. The van der Waals surface area contributed by atoms with E-state index in [0.717, 1.165) is 11.1 Å². The zero-order chi connectivity index (χ0) is 29.2. The lowest BCUT2D eigenvalue weighted by molar-refractivity contribution is -0.119. The summed E-state index contributed by atoms with van der Waals surface area (Å²) < 4.78 is 13.2. The Morgan fingerprint density at radius 3 is 2.54 bits per heavy atom. The lowest BCUT2D eigenvalue weighted by Crippen LogP contribution is -2.51. The molecule has 2 amide bonds. The molecular formula is C31H30ClN5O4. The Labute approximate surface area is 243 Å². The zero-order valence-electron chi connectivity index (χ0n) is 23.7. The number of halogens is 1. The highest BCUT2D eigenvalue weighted by atomic mass is 35.5. The van der Waals surface area contributed by atoms with Crippen molar-refractivity contribution in [2.24, 2.45) is 0 Å². The Morgan fingerprint density at radius 1 is 1.05 bits per heavy atom. The molecule has 0 bridgehead atoms. The Balaban J connectivity index is 1.70. The number of ether oxygens (including phenoxy) is 2. The van der Waals surface area contributed by atoms with Gasteiger partial charge in [-0.25, -0.2) is 4.98 Å². The first-order chi connectivity index (χ1) is 19.6. The van der Waals surface area contributed by atoms with Gasteiger partial charge in [0, 0.05) is 28.4 Å². The predicted molar refractivity (Wildman–Crippen MR) is 157 cm³/mol. The van der Waals surface area contributed by atoms with Crippen LogP contribution in [0.3, 0.4) is 0 Å². The number of benzene rings is 2. The number of imidazole rings is 1. The van der Waals surface area contributed by atoms with Crippen LogP contribution in [0.2, 0.25) is 5.02 Å². The highest BCUT2D eigenvalue weighted by Crippen LogP contribution is 2.55. The third-order valence-corrected chi connectivity index (χ3v) is 7.86. The molecule has 2 aliphatic rings. The van der Waals surface area contributed by atoms with Crippen LogP contribution < -0.4 is 19.7 Å². The summed E-state index contributed by atoms with van der Waals surface area (Å²) in [4.78, 5) is 39.9. The molecule has 10 heteroatoms. The highest BCUT2D eigenvalue weighted by molar-refractivity contribution is 6.31. The largest absolute Gasteiger partial charge is 0.480 e. The second kappa shape index (κ2) is 9.62. The van der Waals surface area contributed by atoms with E-state index in [1.807, 2.05) is 69.5 Å². The summed E-state index contributed by atoms with van der Waals surface area (Å²) in [5, 5.41) is 3.52. The number of anilines is 2. The van der Waals surface area contributed by atoms with Crippen molar-refractivity contribution in [3.05, 3.63) is 81.6 Å². The lowest BCUT2D eigenvalue weighted by atomic mass is 9.86. The van der Waals surface area contributed by atoms with Crippen molar-refractivity contribution >= 4 is 34.8 Å². The monoisotopic (exact) mass is 571 g/mol. The van der Waals surface area contributed by atoms with Crippen molar-refractivity contribution in [3.8, 4) is 23.1 Å². The third-order valence-electron chi connectivity index (χ3n) is 7.63. The van der Waals surface area contributed by atoms with Gasteiger partial charge in [0.1, 0.15) is 5.82 Å². The first-order valence-corrected chi connectivity index (χ1v) is 13.8. The van der Waals surface area contributed by atoms with Crippen LogP contribution in [-0.4, -0.2) is 40.1 Å².